The highest BCUT2D eigenvalue weighted by Gasteiger charge is 2.40. The molecule has 0 aromatic carbocycles. The molecule has 0 aliphatic carbocycles. The van der Waals surface area contributed by atoms with Crippen molar-refractivity contribution in [1.82, 2.24) is 4.90 Å². The first kappa shape index (κ1) is 17.2. The van der Waals surface area contributed by atoms with Crippen molar-refractivity contribution < 1.29 is 23.1 Å². The number of carboxylic acids is 1. The molecule has 1 saturated heterocycles. The third-order valence-corrected chi connectivity index (χ3v) is 3.96. The average molecular weight is 296 g/mol. The van der Waals surface area contributed by atoms with Gasteiger partial charge in [-0.3, -0.25) is 4.79 Å². The molecule has 20 heavy (non-hydrogen) atoms. The molecule has 3 N–H and O–H groups in total. The number of piperidine rings is 1. The van der Waals surface area contributed by atoms with E-state index in [2.05, 4.69) is 0 Å². The lowest BCUT2D eigenvalue weighted by molar-refractivity contribution is -0.185. The third kappa shape index (κ3) is 5.28. The first-order chi connectivity index (χ1) is 9.13. The molecule has 0 aromatic heterocycles. The van der Waals surface area contributed by atoms with Gasteiger partial charge in [0.1, 0.15) is 5.54 Å². The fourth-order valence-corrected chi connectivity index (χ4v) is 2.42. The van der Waals surface area contributed by atoms with Gasteiger partial charge in [-0.2, -0.15) is 13.2 Å². The van der Waals surface area contributed by atoms with Crippen LogP contribution in [0.5, 0.6) is 0 Å². The minimum Gasteiger partial charge on any atom is -0.480 e. The Kier molecular flexibility index (Phi) is 5.82. The summed E-state index contributed by atoms with van der Waals surface area (Å²) in [5.41, 5.74) is 4.39. The van der Waals surface area contributed by atoms with Crippen molar-refractivity contribution in [2.45, 2.75) is 50.7 Å². The lowest BCUT2D eigenvalue weighted by atomic mass is 9.95. The van der Waals surface area contributed by atoms with Gasteiger partial charge in [0.15, 0.2) is 0 Å². The lowest BCUT2D eigenvalue weighted by Crippen LogP contribution is -2.44. The van der Waals surface area contributed by atoms with Crippen LogP contribution in [0.3, 0.4) is 0 Å². The summed E-state index contributed by atoms with van der Waals surface area (Å²) in [6.07, 6.45) is -1.95. The van der Waals surface area contributed by atoms with E-state index in [9.17, 15) is 18.0 Å². The number of unbranched alkanes of at least 4 members (excludes halogenated alkanes) is 1. The van der Waals surface area contributed by atoms with E-state index in [1.807, 2.05) is 4.90 Å². The maximum Gasteiger partial charge on any atom is 0.391 e. The highest BCUT2D eigenvalue weighted by atomic mass is 19.4. The fraction of sp³-hybridized carbons (Fsp3) is 0.923. The number of carboxylic acid groups (broad SMARTS) is 1. The minimum atomic E-state index is -4.07. The molecule has 0 amide bonds. The topological polar surface area (TPSA) is 66.6 Å². The number of rotatable bonds is 6. The molecule has 0 bridgehead atoms. The van der Waals surface area contributed by atoms with Crippen molar-refractivity contribution in [3.63, 3.8) is 0 Å². The Hall–Kier alpha value is -0.820. The van der Waals surface area contributed by atoms with E-state index in [1.165, 1.54) is 6.92 Å². The molecule has 1 aliphatic rings. The van der Waals surface area contributed by atoms with Crippen molar-refractivity contribution >= 4 is 5.97 Å². The van der Waals surface area contributed by atoms with Crippen LogP contribution in [0.25, 0.3) is 0 Å². The summed E-state index contributed by atoms with van der Waals surface area (Å²) >= 11 is 0. The van der Waals surface area contributed by atoms with Crippen molar-refractivity contribution in [1.29, 1.82) is 0 Å². The van der Waals surface area contributed by atoms with E-state index in [-0.39, 0.29) is 12.8 Å². The second-order valence-corrected chi connectivity index (χ2v) is 5.84. The molecule has 1 fully saturated rings. The van der Waals surface area contributed by atoms with E-state index in [0.717, 1.165) is 6.42 Å². The molecule has 1 aliphatic heterocycles. The molecule has 0 saturated carbocycles. The van der Waals surface area contributed by atoms with Gasteiger partial charge in [-0.15, -0.1) is 0 Å². The zero-order chi connectivity index (χ0) is 15.4. The van der Waals surface area contributed by atoms with Crippen molar-refractivity contribution in [2.75, 3.05) is 19.6 Å². The number of nitrogens with two attached hydrogens (primary N) is 1. The Labute approximate surface area is 117 Å². The molecule has 4 nitrogen and oxygen atoms in total. The van der Waals surface area contributed by atoms with Gasteiger partial charge >= 0.3 is 12.1 Å². The molecular weight excluding hydrogens is 273 g/mol. The van der Waals surface area contributed by atoms with E-state index < -0.39 is 23.6 Å². The fourth-order valence-electron chi connectivity index (χ4n) is 2.42. The number of alkyl halides is 3. The zero-order valence-electron chi connectivity index (χ0n) is 11.7. The largest absolute Gasteiger partial charge is 0.480 e. The Bertz CT molecular complexity index is 324. The van der Waals surface area contributed by atoms with Crippen molar-refractivity contribution in [3.8, 4) is 0 Å². The third-order valence-electron chi connectivity index (χ3n) is 3.96. The van der Waals surface area contributed by atoms with Gasteiger partial charge < -0.3 is 15.7 Å². The Morgan fingerprint density at radius 2 is 1.85 bits per heavy atom. The van der Waals surface area contributed by atoms with Crippen LogP contribution >= 0.6 is 0 Å². The van der Waals surface area contributed by atoms with Gasteiger partial charge in [0, 0.05) is 0 Å². The van der Waals surface area contributed by atoms with Gasteiger partial charge in [-0.25, -0.2) is 0 Å². The second kappa shape index (κ2) is 6.76. The molecule has 0 radical (unpaired) electrons. The van der Waals surface area contributed by atoms with Crippen molar-refractivity contribution in [2.24, 2.45) is 11.7 Å². The summed E-state index contributed by atoms with van der Waals surface area (Å²) in [6.45, 7) is 3.11. The van der Waals surface area contributed by atoms with Crippen LogP contribution in [0.15, 0.2) is 0 Å². The number of hydrogen-bond acceptors (Lipinski definition) is 3. The number of hydrogen-bond donors (Lipinski definition) is 2. The highest BCUT2D eigenvalue weighted by Crippen LogP contribution is 2.34. The van der Waals surface area contributed by atoms with Crippen LogP contribution in [-0.2, 0) is 4.79 Å². The van der Waals surface area contributed by atoms with Gasteiger partial charge in [0.2, 0.25) is 0 Å². The molecule has 1 atom stereocenters. The van der Waals surface area contributed by atoms with Crippen LogP contribution in [0.1, 0.15) is 39.0 Å². The van der Waals surface area contributed by atoms with Crippen LogP contribution in [0.4, 0.5) is 13.2 Å². The quantitative estimate of drug-likeness (QED) is 0.738. The van der Waals surface area contributed by atoms with Crippen LogP contribution < -0.4 is 5.73 Å². The summed E-state index contributed by atoms with van der Waals surface area (Å²) in [6, 6.07) is 0. The highest BCUT2D eigenvalue weighted by molar-refractivity contribution is 5.77. The molecule has 1 unspecified atom stereocenters. The van der Waals surface area contributed by atoms with Gasteiger partial charge in [-0.05, 0) is 58.7 Å². The Morgan fingerprint density at radius 1 is 1.30 bits per heavy atom. The maximum atomic E-state index is 12.5. The van der Waals surface area contributed by atoms with E-state index >= 15 is 0 Å². The zero-order valence-corrected chi connectivity index (χ0v) is 11.7. The number of nitrogens with zero attached hydrogens (tertiary/aromatic N) is 1. The number of likely N-dealkylation sites (tertiary alicyclic amines) is 1. The van der Waals surface area contributed by atoms with Crippen LogP contribution in [0.2, 0.25) is 0 Å². The second-order valence-electron chi connectivity index (χ2n) is 5.84. The van der Waals surface area contributed by atoms with E-state index in [4.69, 9.17) is 10.8 Å². The van der Waals surface area contributed by atoms with E-state index in [0.29, 0.717) is 32.5 Å². The normalized spacial score (nSPS) is 21.6. The molecular formula is C13H23F3N2O2. The molecule has 0 aromatic rings. The Balaban J connectivity index is 2.18. The summed E-state index contributed by atoms with van der Waals surface area (Å²) in [7, 11) is 0. The maximum absolute atomic E-state index is 12.5. The monoisotopic (exact) mass is 296 g/mol. The molecule has 7 heteroatoms. The number of halogens is 3. The summed E-state index contributed by atoms with van der Waals surface area (Å²) < 4.78 is 37.5. The molecule has 1 rings (SSSR count). The first-order valence-corrected chi connectivity index (χ1v) is 6.94. The number of carbonyl (C=O) groups is 1. The van der Waals surface area contributed by atoms with E-state index in [1.54, 1.807) is 0 Å². The summed E-state index contributed by atoms with van der Waals surface area (Å²) in [4.78, 5) is 12.8. The average Bonchev–Trinajstić information content (AvgIpc) is 2.34. The predicted octanol–water partition coefficient (Wildman–Crippen LogP) is 2.23. The molecule has 118 valence electrons. The van der Waals surface area contributed by atoms with Gasteiger partial charge in [0.25, 0.3) is 0 Å². The SMILES string of the molecule is CC(N)(CCCCN1CCC(C(F)(F)F)CC1)C(=O)O. The lowest BCUT2D eigenvalue weighted by Gasteiger charge is -2.33. The van der Waals surface area contributed by atoms with Crippen molar-refractivity contribution in [3.05, 3.63) is 0 Å². The van der Waals surface area contributed by atoms with Crippen LogP contribution in [0, 0.1) is 5.92 Å². The standard InChI is InChI=1S/C13H23F3N2O2/c1-12(17,11(19)20)6-2-3-7-18-8-4-10(5-9-18)13(14,15)16/h10H,2-9,17H2,1H3,(H,19,20). The summed E-state index contributed by atoms with van der Waals surface area (Å²) in [5.74, 6) is -2.19. The minimum absolute atomic E-state index is 0.160. The Morgan fingerprint density at radius 3 is 2.30 bits per heavy atom. The number of aliphatic carboxylic acids is 1. The van der Waals surface area contributed by atoms with Gasteiger partial charge in [-0.1, -0.05) is 0 Å². The first-order valence-electron chi connectivity index (χ1n) is 6.94. The molecule has 1 heterocycles. The van der Waals surface area contributed by atoms with Gasteiger partial charge in [0.05, 0.1) is 5.92 Å². The van der Waals surface area contributed by atoms with Crippen LogP contribution in [-0.4, -0.2) is 47.3 Å². The summed E-state index contributed by atoms with van der Waals surface area (Å²) in [5, 5.41) is 8.85. The predicted molar refractivity (Wildman–Crippen MR) is 69.3 cm³/mol. The smallest absolute Gasteiger partial charge is 0.391 e. The molecule has 0 spiro atoms.